The maximum atomic E-state index is 4.25. The van der Waals surface area contributed by atoms with Gasteiger partial charge in [0, 0.05) is 20.1 Å². The second-order valence-corrected chi connectivity index (χ2v) is 4.76. The molecule has 0 unspecified atom stereocenters. The van der Waals surface area contributed by atoms with Crippen molar-refractivity contribution in [2.75, 3.05) is 19.0 Å². The van der Waals surface area contributed by atoms with Crippen LogP contribution >= 0.6 is 0 Å². The van der Waals surface area contributed by atoms with Crippen LogP contribution in [0, 0.1) is 6.92 Å². The zero-order valence-corrected chi connectivity index (χ0v) is 11.7. The number of hydrogen-bond acceptors (Lipinski definition) is 4. The first kappa shape index (κ1) is 13.5. The summed E-state index contributed by atoms with van der Waals surface area (Å²) in [5, 5.41) is 11.5. The Morgan fingerprint density at radius 2 is 2.00 bits per heavy atom. The van der Waals surface area contributed by atoms with Crippen molar-refractivity contribution in [3.8, 4) is 0 Å². The SMILES string of the molecule is CNCc1ccc(N(C)Cc2cccc(C)c2)nn1. The first-order chi connectivity index (χ1) is 9.19. The molecule has 0 aliphatic carbocycles. The van der Waals surface area contributed by atoms with Crippen LogP contribution in [0.3, 0.4) is 0 Å². The summed E-state index contributed by atoms with van der Waals surface area (Å²) in [6.07, 6.45) is 0. The van der Waals surface area contributed by atoms with Crippen molar-refractivity contribution in [1.29, 1.82) is 0 Å². The summed E-state index contributed by atoms with van der Waals surface area (Å²) in [6.45, 7) is 3.69. The molecule has 0 amide bonds. The zero-order chi connectivity index (χ0) is 13.7. The minimum absolute atomic E-state index is 0.745. The molecule has 0 bridgehead atoms. The predicted molar refractivity (Wildman–Crippen MR) is 78.1 cm³/mol. The molecule has 4 heteroatoms. The van der Waals surface area contributed by atoms with E-state index in [9.17, 15) is 0 Å². The van der Waals surface area contributed by atoms with E-state index in [1.165, 1.54) is 11.1 Å². The lowest BCUT2D eigenvalue weighted by molar-refractivity contribution is 0.759. The summed E-state index contributed by atoms with van der Waals surface area (Å²) < 4.78 is 0. The van der Waals surface area contributed by atoms with Crippen molar-refractivity contribution in [3.05, 3.63) is 53.2 Å². The molecule has 1 N–H and O–H groups in total. The molecule has 0 radical (unpaired) electrons. The first-order valence-electron chi connectivity index (χ1n) is 6.43. The molecule has 0 saturated carbocycles. The Morgan fingerprint density at radius 3 is 2.63 bits per heavy atom. The molecule has 1 aromatic carbocycles. The smallest absolute Gasteiger partial charge is 0.151 e. The Balaban J connectivity index is 2.05. The Labute approximate surface area is 114 Å². The Morgan fingerprint density at radius 1 is 1.16 bits per heavy atom. The molecule has 0 saturated heterocycles. The number of nitrogens with one attached hydrogen (secondary N) is 1. The van der Waals surface area contributed by atoms with E-state index in [0.29, 0.717) is 0 Å². The largest absolute Gasteiger partial charge is 0.354 e. The zero-order valence-electron chi connectivity index (χ0n) is 11.7. The van der Waals surface area contributed by atoms with E-state index in [0.717, 1.165) is 24.6 Å². The van der Waals surface area contributed by atoms with Crippen molar-refractivity contribution < 1.29 is 0 Å². The maximum Gasteiger partial charge on any atom is 0.151 e. The number of anilines is 1. The second kappa shape index (κ2) is 6.29. The van der Waals surface area contributed by atoms with Crippen LogP contribution in [-0.4, -0.2) is 24.3 Å². The van der Waals surface area contributed by atoms with E-state index in [-0.39, 0.29) is 0 Å². The van der Waals surface area contributed by atoms with Crippen LogP contribution in [0.5, 0.6) is 0 Å². The molecule has 0 fully saturated rings. The third kappa shape index (κ3) is 3.76. The van der Waals surface area contributed by atoms with Crippen LogP contribution in [0.25, 0.3) is 0 Å². The lowest BCUT2D eigenvalue weighted by Gasteiger charge is -2.18. The number of rotatable bonds is 5. The topological polar surface area (TPSA) is 41.0 Å². The Hall–Kier alpha value is -1.94. The van der Waals surface area contributed by atoms with Gasteiger partial charge in [0.15, 0.2) is 5.82 Å². The van der Waals surface area contributed by atoms with Crippen molar-refractivity contribution >= 4 is 5.82 Å². The predicted octanol–water partition coefficient (Wildman–Crippen LogP) is 2.14. The summed E-state index contributed by atoms with van der Waals surface area (Å²) in [4.78, 5) is 2.10. The van der Waals surface area contributed by atoms with Gasteiger partial charge >= 0.3 is 0 Å². The number of aromatic nitrogens is 2. The molecule has 19 heavy (non-hydrogen) atoms. The fourth-order valence-corrected chi connectivity index (χ4v) is 2.00. The quantitative estimate of drug-likeness (QED) is 0.890. The van der Waals surface area contributed by atoms with Gasteiger partial charge in [0.25, 0.3) is 0 Å². The van der Waals surface area contributed by atoms with Crippen LogP contribution in [0.15, 0.2) is 36.4 Å². The molecule has 0 atom stereocenters. The highest BCUT2D eigenvalue weighted by molar-refractivity contribution is 5.38. The highest BCUT2D eigenvalue weighted by Gasteiger charge is 2.04. The summed E-state index contributed by atoms with van der Waals surface area (Å²) in [6, 6.07) is 12.5. The van der Waals surface area contributed by atoms with Gasteiger partial charge in [0.1, 0.15) is 0 Å². The van der Waals surface area contributed by atoms with Crippen molar-refractivity contribution in [2.45, 2.75) is 20.0 Å². The van der Waals surface area contributed by atoms with Crippen molar-refractivity contribution in [2.24, 2.45) is 0 Å². The molecule has 2 rings (SSSR count). The average molecular weight is 256 g/mol. The summed E-state index contributed by atoms with van der Waals surface area (Å²) >= 11 is 0. The minimum Gasteiger partial charge on any atom is -0.354 e. The third-order valence-electron chi connectivity index (χ3n) is 2.96. The standard InChI is InChI=1S/C15H20N4/c1-12-5-4-6-13(9-12)11-19(3)15-8-7-14(10-16-2)17-18-15/h4-9,16H,10-11H2,1-3H3. The lowest BCUT2D eigenvalue weighted by Crippen LogP contribution is -2.18. The Kier molecular flexibility index (Phi) is 4.47. The fourth-order valence-electron chi connectivity index (χ4n) is 2.00. The molecule has 1 heterocycles. The van der Waals surface area contributed by atoms with Crippen molar-refractivity contribution in [1.82, 2.24) is 15.5 Å². The molecular weight excluding hydrogens is 236 g/mol. The van der Waals surface area contributed by atoms with Gasteiger partial charge < -0.3 is 10.2 Å². The lowest BCUT2D eigenvalue weighted by atomic mass is 10.1. The number of benzene rings is 1. The van der Waals surface area contributed by atoms with Gasteiger partial charge in [-0.05, 0) is 31.7 Å². The molecule has 2 aromatic rings. The second-order valence-electron chi connectivity index (χ2n) is 4.76. The minimum atomic E-state index is 0.745. The molecular formula is C15H20N4. The monoisotopic (exact) mass is 256 g/mol. The summed E-state index contributed by atoms with van der Waals surface area (Å²) in [5.41, 5.74) is 3.51. The molecule has 1 aromatic heterocycles. The van der Waals surface area contributed by atoms with Gasteiger partial charge in [-0.2, -0.15) is 5.10 Å². The number of aryl methyl sites for hydroxylation is 1. The Bertz CT molecular complexity index is 522. The first-order valence-corrected chi connectivity index (χ1v) is 6.43. The van der Waals surface area contributed by atoms with Crippen LogP contribution in [0.2, 0.25) is 0 Å². The van der Waals surface area contributed by atoms with E-state index in [1.807, 2.05) is 26.2 Å². The van der Waals surface area contributed by atoms with Crippen LogP contribution in [-0.2, 0) is 13.1 Å². The van der Waals surface area contributed by atoms with Crippen LogP contribution in [0.4, 0.5) is 5.82 Å². The third-order valence-corrected chi connectivity index (χ3v) is 2.96. The number of hydrogen-bond donors (Lipinski definition) is 1. The van der Waals surface area contributed by atoms with Crippen LogP contribution < -0.4 is 10.2 Å². The van der Waals surface area contributed by atoms with Crippen LogP contribution in [0.1, 0.15) is 16.8 Å². The number of nitrogens with zero attached hydrogens (tertiary/aromatic N) is 3. The highest BCUT2D eigenvalue weighted by Crippen LogP contribution is 2.12. The highest BCUT2D eigenvalue weighted by atomic mass is 15.2. The van der Waals surface area contributed by atoms with E-state index in [2.05, 4.69) is 51.6 Å². The van der Waals surface area contributed by atoms with E-state index in [4.69, 9.17) is 0 Å². The van der Waals surface area contributed by atoms with Gasteiger partial charge in [-0.1, -0.05) is 29.8 Å². The average Bonchev–Trinajstić information content (AvgIpc) is 2.40. The van der Waals surface area contributed by atoms with Crippen molar-refractivity contribution in [3.63, 3.8) is 0 Å². The molecule has 100 valence electrons. The normalized spacial score (nSPS) is 10.5. The molecule has 0 aliphatic heterocycles. The van der Waals surface area contributed by atoms with Gasteiger partial charge in [0.2, 0.25) is 0 Å². The van der Waals surface area contributed by atoms with Gasteiger partial charge in [-0.3, -0.25) is 0 Å². The summed E-state index contributed by atoms with van der Waals surface area (Å²) in [5.74, 6) is 0.890. The van der Waals surface area contributed by atoms with E-state index in [1.54, 1.807) is 0 Å². The molecule has 0 aliphatic rings. The molecule has 4 nitrogen and oxygen atoms in total. The summed E-state index contributed by atoms with van der Waals surface area (Å²) in [7, 11) is 3.93. The molecule has 0 spiro atoms. The van der Waals surface area contributed by atoms with E-state index < -0.39 is 0 Å². The van der Waals surface area contributed by atoms with Gasteiger partial charge in [0.05, 0.1) is 5.69 Å². The van der Waals surface area contributed by atoms with E-state index >= 15 is 0 Å². The van der Waals surface area contributed by atoms with Gasteiger partial charge in [-0.25, -0.2) is 0 Å². The van der Waals surface area contributed by atoms with Gasteiger partial charge in [-0.15, -0.1) is 5.10 Å². The maximum absolute atomic E-state index is 4.25. The fraction of sp³-hybridized carbons (Fsp3) is 0.333.